The zero-order valence-electron chi connectivity index (χ0n) is 20.1. The van der Waals surface area contributed by atoms with E-state index in [1.165, 1.54) is 116 Å². The molecule has 0 bridgehead atoms. The second kappa shape index (κ2) is 21.5. The van der Waals surface area contributed by atoms with Gasteiger partial charge in [-0.25, -0.2) is 0 Å². The van der Waals surface area contributed by atoms with Crippen molar-refractivity contribution in [1.29, 1.82) is 0 Å². The van der Waals surface area contributed by atoms with Crippen LogP contribution in [0.1, 0.15) is 142 Å². The Morgan fingerprint density at radius 3 is 0.815 bits per heavy atom. The Kier molecular flexibility index (Phi) is 22.1. The second-order valence-corrected chi connectivity index (χ2v) is 25.2. The van der Waals surface area contributed by atoms with Crippen LogP contribution in [0.5, 0.6) is 0 Å². The van der Waals surface area contributed by atoms with Gasteiger partial charge in [-0.05, 0) is 0 Å². The third-order valence-electron chi connectivity index (χ3n) is 6.41. The molecule has 0 atom stereocenters. The van der Waals surface area contributed by atoms with Gasteiger partial charge in [0.05, 0.1) is 0 Å². The summed E-state index contributed by atoms with van der Waals surface area (Å²) in [5, 5.41) is 0. The molecular weight excluding hydrogens is 431 g/mol. The van der Waals surface area contributed by atoms with Gasteiger partial charge in [0.1, 0.15) is 0 Å². The Balaban J connectivity index is 3.31. The van der Waals surface area contributed by atoms with Crippen molar-refractivity contribution >= 4 is 18.4 Å². The average Bonchev–Trinajstić information content (AvgIpc) is 2.64. The van der Waals surface area contributed by atoms with E-state index in [-0.39, 0.29) is 0 Å². The molecule has 0 spiro atoms. The molecule has 0 saturated heterocycles. The van der Waals surface area contributed by atoms with Crippen molar-refractivity contribution in [3.8, 4) is 0 Å². The fourth-order valence-corrected chi connectivity index (χ4v) is 11.9. The summed E-state index contributed by atoms with van der Waals surface area (Å²) in [7, 11) is 0. The SMILES string of the molecule is CCCCCCCCCCC[CH2][Sn]([CH3])([CH3])[CH2]CCCCCCCCCCC. The molecule has 1 heteroatoms. The van der Waals surface area contributed by atoms with Gasteiger partial charge in [-0.15, -0.1) is 0 Å². The van der Waals surface area contributed by atoms with Crippen LogP contribution in [-0.4, -0.2) is 18.4 Å². The molecule has 0 fully saturated rings. The van der Waals surface area contributed by atoms with Crippen LogP contribution < -0.4 is 0 Å². The van der Waals surface area contributed by atoms with Crippen LogP contribution in [0.2, 0.25) is 18.8 Å². The Hall–Kier alpha value is 0.799. The van der Waals surface area contributed by atoms with Crippen LogP contribution in [0.4, 0.5) is 0 Å². The van der Waals surface area contributed by atoms with Crippen molar-refractivity contribution in [1.82, 2.24) is 0 Å². The Labute approximate surface area is 178 Å². The fourth-order valence-electron chi connectivity index (χ4n) is 4.31. The molecule has 0 saturated carbocycles. The van der Waals surface area contributed by atoms with E-state index in [9.17, 15) is 0 Å². The predicted octanol–water partition coefficient (Wildman–Crippen LogP) is 10.5. The summed E-state index contributed by atoms with van der Waals surface area (Å²) in [5.41, 5.74) is 0. The zero-order valence-corrected chi connectivity index (χ0v) is 22.9. The quantitative estimate of drug-likeness (QED) is 0.105. The number of unbranched alkanes of at least 4 members (excludes halogenated alkanes) is 18. The standard InChI is InChI=1S/2C12H25.2CH3.Sn/c2*1-3-5-7-9-11-12-10-8-6-4-2;;;/h2*1,3-12H2,2H3;2*1H3;. The molecule has 0 aromatic rings. The van der Waals surface area contributed by atoms with Gasteiger partial charge in [0, 0.05) is 0 Å². The summed E-state index contributed by atoms with van der Waals surface area (Å²) in [5.74, 6) is 0. The van der Waals surface area contributed by atoms with Gasteiger partial charge >= 0.3 is 179 Å². The monoisotopic (exact) mass is 488 g/mol. The molecule has 0 amide bonds. The van der Waals surface area contributed by atoms with E-state index < -0.39 is 18.4 Å². The third-order valence-corrected chi connectivity index (χ3v) is 16.2. The normalized spacial score (nSPS) is 12.0. The minimum absolute atomic E-state index is 1.38. The number of rotatable bonds is 22. The molecule has 0 aliphatic heterocycles. The summed E-state index contributed by atoms with van der Waals surface area (Å²) in [4.78, 5) is 5.44. The van der Waals surface area contributed by atoms with Gasteiger partial charge in [-0.2, -0.15) is 0 Å². The Morgan fingerprint density at radius 1 is 0.333 bits per heavy atom. The van der Waals surface area contributed by atoms with Crippen LogP contribution in [0.15, 0.2) is 0 Å². The first-order valence-corrected chi connectivity index (χ1v) is 22.9. The first kappa shape index (κ1) is 27.8. The van der Waals surface area contributed by atoms with Gasteiger partial charge in [0.15, 0.2) is 0 Å². The molecule has 27 heavy (non-hydrogen) atoms. The molecule has 0 rings (SSSR count). The molecule has 0 radical (unpaired) electrons. The summed E-state index contributed by atoms with van der Waals surface area (Å²) < 4.78 is 3.31. The van der Waals surface area contributed by atoms with E-state index >= 15 is 0 Å². The Morgan fingerprint density at radius 2 is 0.556 bits per heavy atom. The van der Waals surface area contributed by atoms with E-state index in [0.29, 0.717) is 0 Å². The van der Waals surface area contributed by atoms with E-state index in [4.69, 9.17) is 0 Å². The van der Waals surface area contributed by atoms with Gasteiger partial charge < -0.3 is 0 Å². The molecule has 0 nitrogen and oxygen atoms in total. The van der Waals surface area contributed by atoms with Crippen LogP contribution in [0.25, 0.3) is 0 Å². The molecule has 0 aliphatic carbocycles. The molecule has 0 N–H and O–H groups in total. The average molecular weight is 487 g/mol. The molecular formula is C26H56Sn. The first-order chi connectivity index (χ1) is 13.1. The molecule has 164 valence electrons. The van der Waals surface area contributed by atoms with Gasteiger partial charge in [0.2, 0.25) is 0 Å². The third kappa shape index (κ3) is 22.9. The topological polar surface area (TPSA) is 0 Å². The predicted molar refractivity (Wildman–Crippen MR) is 131 cm³/mol. The summed E-state index contributed by atoms with van der Waals surface area (Å²) in [6.45, 7) is 4.62. The number of hydrogen-bond acceptors (Lipinski definition) is 0. The van der Waals surface area contributed by atoms with Gasteiger partial charge in [-0.3, -0.25) is 0 Å². The van der Waals surface area contributed by atoms with Crippen molar-refractivity contribution in [2.45, 2.75) is 161 Å². The molecule has 0 heterocycles. The van der Waals surface area contributed by atoms with E-state index in [1.807, 2.05) is 0 Å². The van der Waals surface area contributed by atoms with Crippen LogP contribution in [0, 0.1) is 0 Å². The van der Waals surface area contributed by atoms with Crippen molar-refractivity contribution in [3.63, 3.8) is 0 Å². The van der Waals surface area contributed by atoms with Crippen molar-refractivity contribution in [2.24, 2.45) is 0 Å². The maximum absolute atomic E-state index is 2.72. The Bertz CT molecular complexity index is 245. The van der Waals surface area contributed by atoms with Crippen molar-refractivity contribution < 1.29 is 0 Å². The summed E-state index contributed by atoms with van der Waals surface area (Å²) >= 11 is -1.64. The molecule has 0 aromatic heterocycles. The van der Waals surface area contributed by atoms with Crippen LogP contribution >= 0.6 is 0 Å². The van der Waals surface area contributed by atoms with Crippen molar-refractivity contribution in [3.05, 3.63) is 0 Å². The molecule has 0 unspecified atom stereocenters. The fraction of sp³-hybridized carbons (Fsp3) is 1.00. The molecule has 0 aliphatic rings. The van der Waals surface area contributed by atoms with Gasteiger partial charge in [-0.1, -0.05) is 0 Å². The second-order valence-electron chi connectivity index (χ2n) is 10.0. The zero-order chi connectivity index (χ0) is 20.1. The maximum atomic E-state index is 2.72. The first-order valence-electron chi connectivity index (χ1n) is 13.1. The van der Waals surface area contributed by atoms with E-state index in [1.54, 1.807) is 21.7 Å². The van der Waals surface area contributed by atoms with Crippen LogP contribution in [0.3, 0.4) is 0 Å². The van der Waals surface area contributed by atoms with Crippen LogP contribution in [-0.2, 0) is 0 Å². The number of hydrogen-bond donors (Lipinski definition) is 0. The summed E-state index contributed by atoms with van der Waals surface area (Å²) in [6.07, 6.45) is 29.7. The molecule has 0 aromatic carbocycles. The van der Waals surface area contributed by atoms with E-state index in [2.05, 4.69) is 23.7 Å². The van der Waals surface area contributed by atoms with E-state index in [0.717, 1.165) is 0 Å². The van der Waals surface area contributed by atoms with Crippen molar-refractivity contribution in [2.75, 3.05) is 0 Å². The van der Waals surface area contributed by atoms with Gasteiger partial charge in [0.25, 0.3) is 0 Å². The minimum atomic E-state index is -1.64. The summed E-state index contributed by atoms with van der Waals surface area (Å²) in [6, 6.07) is 0.